The number of carbonyl (C=O) groups is 2. The number of hydrogen-bond donors (Lipinski definition) is 1. The topological polar surface area (TPSA) is 52.7 Å². The lowest BCUT2D eigenvalue weighted by Crippen LogP contribution is -2.52. The zero-order valence-electron chi connectivity index (χ0n) is 13.2. The smallest absolute Gasteiger partial charge is 0.230 e. The summed E-state index contributed by atoms with van der Waals surface area (Å²) >= 11 is 0. The van der Waals surface area contributed by atoms with Crippen molar-refractivity contribution in [1.82, 2.24) is 9.80 Å². The SMILES string of the molecule is CC(C)N1CCN(C(=O)[C@@H]2CC(=O)Nc3ccccc32)CC1. The van der Waals surface area contributed by atoms with Crippen LogP contribution in [0.2, 0.25) is 0 Å². The maximum absolute atomic E-state index is 12.9. The number of hydrogen-bond acceptors (Lipinski definition) is 3. The molecule has 0 radical (unpaired) electrons. The molecule has 3 rings (SSSR count). The summed E-state index contributed by atoms with van der Waals surface area (Å²) in [6.45, 7) is 7.67. The Morgan fingerprint density at radius 3 is 2.55 bits per heavy atom. The molecule has 0 aromatic heterocycles. The summed E-state index contributed by atoms with van der Waals surface area (Å²) in [4.78, 5) is 29.0. The molecule has 5 heteroatoms. The van der Waals surface area contributed by atoms with Gasteiger partial charge in [0.15, 0.2) is 0 Å². The van der Waals surface area contributed by atoms with E-state index in [0.29, 0.717) is 6.04 Å². The van der Waals surface area contributed by atoms with E-state index in [2.05, 4.69) is 24.1 Å². The number of benzene rings is 1. The Labute approximate surface area is 131 Å². The average Bonchev–Trinajstić information content (AvgIpc) is 2.53. The average molecular weight is 301 g/mol. The van der Waals surface area contributed by atoms with Crippen molar-refractivity contribution in [3.8, 4) is 0 Å². The molecule has 2 aliphatic heterocycles. The highest BCUT2D eigenvalue weighted by molar-refractivity contribution is 6.01. The Morgan fingerprint density at radius 1 is 1.18 bits per heavy atom. The molecule has 1 atom stereocenters. The summed E-state index contributed by atoms with van der Waals surface area (Å²) in [6.07, 6.45) is 0.250. The Hall–Kier alpha value is -1.88. The largest absolute Gasteiger partial charge is 0.340 e. The van der Waals surface area contributed by atoms with E-state index >= 15 is 0 Å². The Balaban J connectivity index is 1.75. The van der Waals surface area contributed by atoms with E-state index in [1.807, 2.05) is 29.2 Å². The Morgan fingerprint density at radius 2 is 1.86 bits per heavy atom. The van der Waals surface area contributed by atoms with Gasteiger partial charge in [-0.25, -0.2) is 0 Å². The molecule has 0 saturated carbocycles. The highest BCUT2D eigenvalue weighted by Crippen LogP contribution is 2.33. The van der Waals surface area contributed by atoms with Crippen LogP contribution < -0.4 is 5.32 Å². The van der Waals surface area contributed by atoms with E-state index in [1.165, 1.54) is 0 Å². The van der Waals surface area contributed by atoms with E-state index in [9.17, 15) is 9.59 Å². The van der Waals surface area contributed by atoms with E-state index < -0.39 is 0 Å². The summed E-state index contributed by atoms with van der Waals surface area (Å²) in [6, 6.07) is 8.13. The number of rotatable bonds is 2. The molecular weight excluding hydrogens is 278 g/mol. The maximum atomic E-state index is 12.9. The minimum Gasteiger partial charge on any atom is -0.340 e. The van der Waals surface area contributed by atoms with Crippen molar-refractivity contribution in [3.05, 3.63) is 29.8 Å². The number of anilines is 1. The number of fused-ring (bicyclic) bond motifs is 1. The van der Waals surface area contributed by atoms with Crippen molar-refractivity contribution in [3.63, 3.8) is 0 Å². The van der Waals surface area contributed by atoms with E-state index in [-0.39, 0.29) is 24.2 Å². The zero-order valence-corrected chi connectivity index (χ0v) is 13.2. The first kappa shape index (κ1) is 15.0. The summed E-state index contributed by atoms with van der Waals surface area (Å²) in [5.41, 5.74) is 1.72. The van der Waals surface area contributed by atoms with Crippen molar-refractivity contribution in [1.29, 1.82) is 0 Å². The van der Waals surface area contributed by atoms with Crippen LogP contribution in [0.25, 0.3) is 0 Å². The molecule has 0 spiro atoms. The number of carbonyl (C=O) groups excluding carboxylic acids is 2. The van der Waals surface area contributed by atoms with Crippen molar-refractivity contribution >= 4 is 17.5 Å². The van der Waals surface area contributed by atoms with Gasteiger partial charge in [-0.05, 0) is 25.5 Å². The highest BCUT2D eigenvalue weighted by atomic mass is 16.2. The maximum Gasteiger partial charge on any atom is 0.230 e. The summed E-state index contributed by atoms with van der Waals surface area (Å²) in [5, 5.41) is 2.85. The third-order valence-corrected chi connectivity index (χ3v) is 4.65. The third kappa shape index (κ3) is 2.86. The van der Waals surface area contributed by atoms with Gasteiger partial charge in [0, 0.05) is 44.3 Å². The standard InChI is InChI=1S/C17H23N3O2/c1-12(2)19-7-9-20(10-8-19)17(22)14-11-16(21)18-15-6-4-3-5-13(14)15/h3-6,12,14H,7-11H2,1-2H3,(H,18,21)/t14-/m1/s1. The Kier molecular flexibility index (Phi) is 4.16. The third-order valence-electron chi connectivity index (χ3n) is 4.65. The van der Waals surface area contributed by atoms with Gasteiger partial charge in [0.05, 0.1) is 5.92 Å². The molecule has 1 aromatic rings. The first-order valence-electron chi connectivity index (χ1n) is 7.98. The molecule has 22 heavy (non-hydrogen) atoms. The lowest BCUT2D eigenvalue weighted by molar-refractivity contribution is -0.136. The molecule has 0 unspecified atom stereocenters. The van der Waals surface area contributed by atoms with Gasteiger partial charge in [0.25, 0.3) is 0 Å². The van der Waals surface area contributed by atoms with Crippen molar-refractivity contribution < 1.29 is 9.59 Å². The van der Waals surface area contributed by atoms with Crippen molar-refractivity contribution in [2.45, 2.75) is 32.2 Å². The van der Waals surface area contributed by atoms with Crippen LogP contribution in [0, 0.1) is 0 Å². The van der Waals surface area contributed by atoms with Crippen LogP contribution in [0.4, 0.5) is 5.69 Å². The van der Waals surface area contributed by atoms with Gasteiger partial charge in [-0.15, -0.1) is 0 Å². The lowest BCUT2D eigenvalue weighted by Gasteiger charge is -2.39. The number of amides is 2. The van der Waals surface area contributed by atoms with E-state index in [4.69, 9.17) is 0 Å². The highest BCUT2D eigenvalue weighted by Gasteiger charge is 2.34. The molecule has 0 bridgehead atoms. The van der Waals surface area contributed by atoms with Gasteiger partial charge in [0.1, 0.15) is 0 Å². The van der Waals surface area contributed by atoms with Crippen LogP contribution in [0.1, 0.15) is 31.7 Å². The van der Waals surface area contributed by atoms with Gasteiger partial charge in [-0.3, -0.25) is 14.5 Å². The zero-order chi connectivity index (χ0) is 15.7. The van der Waals surface area contributed by atoms with Gasteiger partial charge in [0.2, 0.25) is 11.8 Å². The molecule has 1 aromatic carbocycles. The minimum atomic E-state index is -0.337. The lowest BCUT2D eigenvalue weighted by atomic mass is 9.89. The number of nitrogens with zero attached hydrogens (tertiary/aromatic N) is 2. The quantitative estimate of drug-likeness (QED) is 0.904. The van der Waals surface area contributed by atoms with Crippen LogP contribution in [0.3, 0.4) is 0 Å². The second-order valence-corrected chi connectivity index (χ2v) is 6.35. The van der Waals surface area contributed by atoms with Crippen molar-refractivity contribution in [2.75, 3.05) is 31.5 Å². The summed E-state index contributed by atoms with van der Waals surface area (Å²) in [5.74, 6) is -0.320. The Bertz CT molecular complexity index is 577. The fourth-order valence-corrected chi connectivity index (χ4v) is 3.31. The molecule has 0 aliphatic carbocycles. The van der Waals surface area contributed by atoms with Crippen LogP contribution in [0.5, 0.6) is 0 Å². The first-order chi connectivity index (χ1) is 10.6. The fraction of sp³-hybridized carbons (Fsp3) is 0.529. The molecular formula is C17H23N3O2. The number of nitrogens with one attached hydrogen (secondary N) is 1. The molecule has 1 fully saturated rings. The summed E-state index contributed by atoms with van der Waals surface area (Å²) < 4.78 is 0. The fourth-order valence-electron chi connectivity index (χ4n) is 3.31. The first-order valence-corrected chi connectivity index (χ1v) is 7.98. The van der Waals surface area contributed by atoms with Gasteiger partial charge < -0.3 is 10.2 Å². The second-order valence-electron chi connectivity index (χ2n) is 6.35. The van der Waals surface area contributed by atoms with Crippen LogP contribution >= 0.6 is 0 Å². The normalized spacial score (nSPS) is 22.4. The van der Waals surface area contributed by atoms with E-state index in [0.717, 1.165) is 37.4 Å². The minimum absolute atomic E-state index is 0.0714. The van der Waals surface area contributed by atoms with Crippen LogP contribution in [-0.4, -0.2) is 53.8 Å². The molecule has 2 heterocycles. The molecule has 2 amide bonds. The number of para-hydroxylation sites is 1. The number of piperazine rings is 1. The van der Waals surface area contributed by atoms with Crippen molar-refractivity contribution in [2.24, 2.45) is 0 Å². The van der Waals surface area contributed by atoms with E-state index in [1.54, 1.807) is 0 Å². The van der Waals surface area contributed by atoms with Crippen LogP contribution in [0.15, 0.2) is 24.3 Å². The van der Waals surface area contributed by atoms with Crippen LogP contribution in [-0.2, 0) is 9.59 Å². The predicted molar refractivity (Wildman–Crippen MR) is 85.7 cm³/mol. The molecule has 2 aliphatic rings. The van der Waals surface area contributed by atoms with Gasteiger partial charge in [-0.2, -0.15) is 0 Å². The monoisotopic (exact) mass is 301 g/mol. The second kappa shape index (κ2) is 6.08. The molecule has 5 nitrogen and oxygen atoms in total. The molecule has 1 saturated heterocycles. The van der Waals surface area contributed by atoms with Gasteiger partial charge in [-0.1, -0.05) is 18.2 Å². The predicted octanol–water partition coefficient (Wildman–Crippen LogP) is 1.66. The van der Waals surface area contributed by atoms with Gasteiger partial charge >= 0.3 is 0 Å². The molecule has 118 valence electrons. The molecule has 1 N–H and O–H groups in total. The summed E-state index contributed by atoms with van der Waals surface area (Å²) in [7, 11) is 0.